The van der Waals surface area contributed by atoms with Gasteiger partial charge in [0.25, 0.3) is 5.91 Å². The van der Waals surface area contributed by atoms with Gasteiger partial charge in [-0.05, 0) is 67.6 Å². The number of halogens is 2. The van der Waals surface area contributed by atoms with Crippen LogP contribution in [0.4, 0.5) is 5.69 Å². The quantitative estimate of drug-likeness (QED) is 0.455. The van der Waals surface area contributed by atoms with Gasteiger partial charge in [-0.1, -0.05) is 40.9 Å². The number of hydrogen-bond donors (Lipinski definition) is 1. The predicted molar refractivity (Wildman–Crippen MR) is 121 cm³/mol. The second-order valence-electron chi connectivity index (χ2n) is 6.60. The van der Waals surface area contributed by atoms with Crippen molar-refractivity contribution in [2.24, 2.45) is 4.99 Å². The van der Waals surface area contributed by atoms with E-state index in [-0.39, 0.29) is 5.91 Å². The summed E-state index contributed by atoms with van der Waals surface area (Å²) in [5.74, 6) is 1.01. The largest absolute Gasteiger partial charge is 0.457 e. The van der Waals surface area contributed by atoms with Crippen molar-refractivity contribution in [3.8, 4) is 11.3 Å². The van der Waals surface area contributed by atoms with Gasteiger partial charge in [-0.25, -0.2) is 4.99 Å². The van der Waals surface area contributed by atoms with Crippen molar-refractivity contribution < 1.29 is 9.21 Å². The van der Waals surface area contributed by atoms with Crippen LogP contribution in [0.25, 0.3) is 17.4 Å². The molecule has 29 heavy (non-hydrogen) atoms. The van der Waals surface area contributed by atoms with Crippen molar-refractivity contribution >= 4 is 57.8 Å². The predicted octanol–water partition coefficient (Wildman–Crippen LogP) is 6.76. The first-order valence-electron chi connectivity index (χ1n) is 8.81. The van der Waals surface area contributed by atoms with E-state index in [0.717, 1.165) is 16.8 Å². The van der Waals surface area contributed by atoms with Gasteiger partial charge in [0.1, 0.15) is 11.5 Å². The lowest BCUT2D eigenvalue weighted by Crippen LogP contribution is -2.19. The molecule has 3 aromatic rings. The fraction of sp³-hybridized carbons (Fsp3) is 0.0909. The number of benzene rings is 2. The highest BCUT2D eigenvalue weighted by molar-refractivity contribution is 8.18. The van der Waals surface area contributed by atoms with Gasteiger partial charge in [-0.3, -0.25) is 4.79 Å². The molecule has 1 N–H and O–H groups in total. The van der Waals surface area contributed by atoms with E-state index in [1.165, 1.54) is 17.3 Å². The van der Waals surface area contributed by atoms with Crippen LogP contribution in [0.3, 0.4) is 0 Å². The number of aryl methyl sites for hydroxylation is 2. The summed E-state index contributed by atoms with van der Waals surface area (Å²) in [5.41, 5.74) is 3.87. The number of carbonyl (C=O) groups excluding carboxylic acids is 1. The molecule has 2 heterocycles. The van der Waals surface area contributed by atoms with Crippen LogP contribution in [0.2, 0.25) is 10.0 Å². The topological polar surface area (TPSA) is 54.6 Å². The van der Waals surface area contributed by atoms with Gasteiger partial charge in [0.15, 0.2) is 5.17 Å². The number of rotatable bonds is 3. The molecule has 4 rings (SSSR count). The van der Waals surface area contributed by atoms with Crippen LogP contribution in [0, 0.1) is 13.8 Å². The third-order valence-electron chi connectivity index (χ3n) is 4.33. The molecule has 0 aliphatic carbocycles. The smallest absolute Gasteiger partial charge is 0.264 e. The Labute approximate surface area is 182 Å². The molecule has 1 fully saturated rings. The number of amidine groups is 1. The second kappa shape index (κ2) is 8.11. The van der Waals surface area contributed by atoms with Crippen LogP contribution in [-0.2, 0) is 4.79 Å². The summed E-state index contributed by atoms with van der Waals surface area (Å²) >= 11 is 13.3. The Morgan fingerprint density at radius 1 is 1.03 bits per heavy atom. The minimum atomic E-state index is -0.203. The zero-order valence-corrected chi connectivity index (χ0v) is 18.0. The number of aliphatic imine (C=N–C) groups is 1. The third kappa shape index (κ3) is 4.42. The normalized spacial score (nSPS) is 16.6. The maximum absolute atomic E-state index is 12.3. The zero-order chi connectivity index (χ0) is 20.5. The van der Waals surface area contributed by atoms with Crippen molar-refractivity contribution in [1.29, 1.82) is 0 Å². The van der Waals surface area contributed by atoms with Crippen LogP contribution in [0.5, 0.6) is 0 Å². The second-order valence-corrected chi connectivity index (χ2v) is 8.45. The molecule has 1 aromatic heterocycles. The lowest BCUT2D eigenvalue weighted by atomic mass is 10.1. The zero-order valence-electron chi connectivity index (χ0n) is 15.6. The molecular formula is C22H16Cl2N2O2S. The lowest BCUT2D eigenvalue weighted by molar-refractivity contribution is -0.115. The monoisotopic (exact) mass is 442 g/mol. The SMILES string of the molecule is Cc1ccc(N=C2NC(=O)C(=Cc3ccc(-c4ccc(Cl)c(Cl)c4)o3)S2)c(C)c1. The van der Waals surface area contributed by atoms with Crippen molar-refractivity contribution in [2.45, 2.75) is 13.8 Å². The molecule has 0 saturated carbocycles. The van der Waals surface area contributed by atoms with E-state index in [1.54, 1.807) is 24.3 Å². The molecule has 4 nitrogen and oxygen atoms in total. The van der Waals surface area contributed by atoms with Gasteiger partial charge in [-0.15, -0.1) is 0 Å². The molecule has 146 valence electrons. The van der Waals surface area contributed by atoms with Crippen molar-refractivity contribution in [3.63, 3.8) is 0 Å². The van der Waals surface area contributed by atoms with E-state index in [9.17, 15) is 4.79 Å². The summed E-state index contributed by atoms with van der Waals surface area (Å²) in [4.78, 5) is 17.4. The van der Waals surface area contributed by atoms with E-state index < -0.39 is 0 Å². The van der Waals surface area contributed by atoms with Crippen LogP contribution < -0.4 is 5.32 Å². The van der Waals surface area contributed by atoms with E-state index in [2.05, 4.69) is 16.4 Å². The maximum atomic E-state index is 12.3. The Bertz CT molecular complexity index is 1180. The van der Waals surface area contributed by atoms with Gasteiger partial charge in [0.05, 0.1) is 20.6 Å². The van der Waals surface area contributed by atoms with Crippen molar-refractivity contribution in [2.75, 3.05) is 0 Å². The minimum Gasteiger partial charge on any atom is -0.457 e. The van der Waals surface area contributed by atoms with E-state index >= 15 is 0 Å². The molecule has 0 spiro atoms. The summed E-state index contributed by atoms with van der Waals surface area (Å²) < 4.78 is 5.85. The Kier molecular flexibility index (Phi) is 5.54. The number of thioether (sulfide) groups is 1. The molecule has 0 radical (unpaired) electrons. The molecule has 0 unspecified atom stereocenters. The minimum absolute atomic E-state index is 0.203. The number of nitrogens with zero attached hydrogens (tertiary/aromatic N) is 1. The van der Waals surface area contributed by atoms with Crippen molar-refractivity contribution in [3.05, 3.63) is 80.4 Å². The first-order chi connectivity index (χ1) is 13.9. The number of amides is 1. The van der Waals surface area contributed by atoms with Crippen LogP contribution >= 0.6 is 35.0 Å². The molecule has 1 aliphatic rings. The number of carbonyl (C=O) groups is 1. The highest BCUT2D eigenvalue weighted by Crippen LogP contribution is 2.32. The summed E-state index contributed by atoms with van der Waals surface area (Å²) in [6.07, 6.45) is 1.70. The van der Waals surface area contributed by atoms with Gasteiger partial charge >= 0.3 is 0 Å². The van der Waals surface area contributed by atoms with E-state index in [4.69, 9.17) is 27.6 Å². The summed E-state index contributed by atoms with van der Waals surface area (Å²) in [5, 5.41) is 4.29. The highest BCUT2D eigenvalue weighted by Gasteiger charge is 2.24. The fourth-order valence-electron chi connectivity index (χ4n) is 2.88. The molecule has 0 bridgehead atoms. The van der Waals surface area contributed by atoms with E-state index in [1.807, 2.05) is 38.1 Å². The summed E-state index contributed by atoms with van der Waals surface area (Å²) in [6.45, 7) is 4.03. The molecule has 1 aliphatic heterocycles. The first kappa shape index (κ1) is 19.8. The Hall–Kier alpha value is -2.47. The van der Waals surface area contributed by atoms with Crippen molar-refractivity contribution in [1.82, 2.24) is 5.32 Å². The Morgan fingerprint density at radius 3 is 2.62 bits per heavy atom. The Morgan fingerprint density at radius 2 is 1.86 bits per heavy atom. The van der Waals surface area contributed by atoms with Crippen LogP contribution in [-0.4, -0.2) is 11.1 Å². The maximum Gasteiger partial charge on any atom is 0.264 e. The highest BCUT2D eigenvalue weighted by atomic mass is 35.5. The van der Waals surface area contributed by atoms with Gasteiger partial charge in [-0.2, -0.15) is 0 Å². The molecular weight excluding hydrogens is 427 g/mol. The number of hydrogen-bond acceptors (Lipinski definition) is 4. The van der Waals surface area contributed by atoms with Gasteiger partial charge < -0.3 is 9.73 Å². The molecule has 0 atom stereocenters. The van der Waals surface area contributed by atoms with Crippen LogP contribution in [0.15, 0.2) is 62.8 Å². The average molecular weight is 443 g/mol. The lowest BCUT2D eigenvalue weighted by Gasteiger charge is -2.02. The fourth-order valence-corrected chi connectivity index (χ4v) is 4.00. The van der Waals surface area contributed by atoms with E-state index in [0.29, 0.717) is 31.6 Å². The third-order valence-corrected chi connectivity index (χ3v) is 5.98. The molecule has 1 amide bonds. The number of nitrogens with one attached hydrogen (secondary N) is 1. The molecule has 7 heteroatoms. The van der Waals surface area contributed by atoms with Crippen LogP contribution in [0.1, 0.15) is 16.9 Å². The average Bonchev–Trinajstić information content (AvgIpc) is 3.27. The molecule has 2 aromatic carbocycles. The number of furan rings is 1. The van der Waals surface area contributed by atoms with Gasteiger partial charge in [0, 0.05) is 11.6 Å². The standard InChI is InChI=1S/C22H16Cl2N2O2S/c1-12-3-7-18(13(2)9-12)25-22-26-21(27)20(29-22)11-15-5-8-19(28-15)14-4-6-16(23)17(24)10-14/h3-11H,1-2H3,(H,25,26,27). The molecule has 1 saturated heterocycles. The Balaban J connectivity index is 1.56. The summed E-state index contributed by atoms with van der Waals surface area (Å²) in [6, 6.07) is 14.9. The van der Waals surface area contributed by atoms with Gasteiger partial charge in [0.2, 0.25) is 0 Å². The summed E-state index contributed by atoms with van der Waals surface area (Å²) in [7, 11) is 0. The first-order valence-corrected chi connectivity index (χ1v) is 10.4.